The smallest absolute Gasteiger partial charge is 0.338 e. The van der Waals surface area contributed by atoms with Crippen molar-refractivity contribution in [1.29, 1.82) is 5.26 Å². The summed E-state index contributed by atoms with van der Waals surface area (Å²) in [5.74, 6) is -0.911. The minimum atomic E-state index is -0.546. The molecule has 0 unspecified atom stereocenters. The molecule has 0 fully saturated rings. The maximum Gasteiger partial charge on any atom is 0.338 e. The molecule has 2 aromatic rings. The number of nitrogens with zero attached hydrogens (tertiary/aromatic N) is 2. The van der Waals surface area contributed by atoms with Gasteiger partial charge in [-0.15, -0.1) is 0 Å². The van der Waals surface area contributed by atoms with Gasteiger partial charge in [0.05, 0.1) is 18.1 Å². The molecule has 122 valence electrons. The van der Waals surface area contributed by atoms with Gasteiger partial charge in [0.1, 0.15) is 0 Å². The van der Waals surface area contributed by atoms with Crippen molar-refractivity contribution in [2.24, 2.45) is 0 Å². The molecule has 0 aliphatic heterocycles. The molecule has 6 heteroatoms. The fraction of sp³-hybridized carbons (Fsp3) is 0.167. The first-order chi connectivity index (χ1) is 11.6. The molecule has 5 nitrogen and oxygen atoms in total. The molecule has 0 saturated carbocycles. The number of carbonyl (C=O) groups excluding carboxylic acids is 2. The molecule has 0 aromatic heterocycles. The van der Waals surface area contributed by atoms with Crippen LogP contribution in [0.25, 0.3) is 0 Å². The number of hydrogen-bond donors (Lipinski definition) is 0. The van der Waals surface area contributed by atoms with E-state index in [1.807, 2.05) is 18.2 Å². The van der Waals surface area contributed by atoms with Gasteiger partial charge in [-0.1, -0.05) is 24.3 Å². The van der Waals surface area contributed by atoms with E-state index >= 15 is 0 Å². The van der Waals surface area contributed by atoms with Crippen molar-refractivity contribution in [3.05, 3.63) is 63.7 Å². The summed E-state index contributed by atoms with van der Waals surface area (Å²) in [5.41, 5.74) is 1.07. The average Bonchev–Trinajstić information content (AvgIpc) is 2.61. The van der Waals surface area contributed by atoms with E-state index in [-0.39, 0.29) is 25.5 Å². The van der Waals surface area contributed by atoms with Gasteiger partial charge in [0, 0.05) is 15.8 Å². The summed E-state index contributed by atoms with van der Waals surface area (Å²) in [6.45, 7) is -0.120. The second-order valence-electron chi connectivity index (χ2n) is 4.88. The number of halogens is 1. The lowest BCUT2D eigenvalue weighted by Crippen LogP contribution is -2.35. The number of rotatable bonds is 6. The van der Waals surface area contributed by atoms with Crippen LogP contribution in [0.4, 0.5) is 5.69 Å². The summed E-state index contributed by atoms with van der Waals surface area (Å²) >= 11 is 2.10. The van der Waals surface area contributed by atoms with E-state index < -0.39 is 5.97 Å². The Bertz CT molecular complexity index is 756. The van der Waals surface area contributed by atoms with E-state index in [0.29, 0.717) is 11.3 Å². The van der Waals surface area contributed by atoms with Gasteiger partial charge in [-0.3, -0.25) is 4.79 Å². The summed E-state index contributed by atoms with van der Waals surface area (Å²) in [6, 6.07) is 18.0. The summed E-state index contributed by atoms with van der Waals surface area (Å²) in [4.78, 5) is 25.9. The first-order valence-corrected chi connectivity index (χ1v) is 8.34. The lowest BCUT2D eigenvalue weighted by atomic mass is 10.2. The number of nitriles is 1. The van der Waals surface area contributed by atoms with E-state index in [0.717, 1.165) is 3.57 Å². The Balaban J connectivity index is 2.02. The summed E-state index contributed by atoms with van der Waals surface area (Å²) < 4.78 is 6.02. The Morgan fingerprint density at radius 1 is 1.12 bits per heavy atom. The molecular formula is C18H15IN2O3. The highest BCUT2D eigenvalue weighted by atomic mass is 127. The second kappa shape index (κ2) is 9.03. The Hall–Kier alpha value is -2.40. The highest BCUT2D eigenvalue weighted by Crippen LogP contribution is 2.14. The van der Waals surface area contributed by atoms with Crippen LogP contribution in [0.2, 0.25) is 0 Å². The van der Waals surface area contributed by atoms with Crippen LogP contribution in [-0.2, 0) is 9.53 Å². The SMILES string of the molecule is N#CCCN(C(=O)COC(=O)c1cccc(I)c1)c1ccccc1. The molecular weight excluding hydrogens is 419 g/mol. The number of benzene rings is 2. The van der Waals surface area contributed by atoms with Crippen molar-refractivity contribution >= 4 is 40.2 Å². The van der Waals surface area contributed by atoms with Crippen LogP contribution in [0.1, 0.15) is 16.8 Å². The van der Waals surface area contributed by atoms with Crippen LogP contribution in [0.3, 0.4) is 0 Å². The monoisotopic (exact) mass is 434 g/mol. The van der Waals surface area contributed by atoms with Gasteiger partial charge >= 0.3 is 5.97 Å². The molecule has 0 radical (unpaired) electrons. The third-order valence-corrected chi connectivity index (χ3v) is 3.87. The largest absolute Gasteiger partial charge is 0.452 e. The fourth-order valence-electron chi connectivity index (χ4n) is 2.07. The van der Waals surface area contributed by atoms with Crippen LogP contribution in [-0.4, -0.2) is 25.0 Å². The number of anilines is 1. The summed E-state index contributed by atoms with van der Waals surface area (Å²) in [7, 11) is 0. The van der Waals surface area contributed by atoms with Crippen molar-refractivity contribution < 1.29 is 14.3 Å². The number of hydrogen-bond acceptors (Lipinski definition) is 4. The Morgan fingerprint density at radius 2 is 1.88 bits per heavy atom. The van der Waals surface area contributed by atoms with E-state index in [4.69, 9.17) is 10.00 Å². The molecule has 0 spiro atoms. The van der Waals surface area contributed by atoms with Crippen LogP contribution in [0.5, 0.6) is 0 Å². The van der Waals surface area contributed by atoms with Gasteiger partial charge in [-0.25, -0.2) is 4.79 Å². The number of carbonyl (C=O) groups is 2. The highest BCUT2D eigenvalue weighted by molar-refractivity contribution is 14.1. The van der Waals surface area contributed by atoms with Crippen molar-refractivity contribution in [3.63, 3.8) is 0 Å². The zero-order chi connectivity index (χ0) is 17.4. The molecule has 0 heterocycles. The average molecular weight is 434 g/mol. The zero-order valence-electron chi connectivity index (χ0n) is 12.8. The molecule has 1 amide bonds. The fourth-order valence-corrected chi connectivity index (χ4v) is 2.61. The molecule has 0 N–H and O–H groups in total. The quantitative estimate of drug-likeness (QED) is 0.517. The third-order valence-electron chi connectivity index (χ3n) is 3.20. The van der Waals surface area contributed by atoms with E-state index in [1.165, 1.54) is 4.90 Å². The van der Waals surface area contributed by atoms with Crippen LogP contribution in [0, 0.1) is 14.9 Å². The molecule has 0 aliphatic carbocycles. The van der Waals surface area contributed by atoms with Gasteiger partial charge in [0.25, 0.3) is 5.91 Å². The van der Waals surface area contributed by atoms with Crippen molar-refractivity contribution in [2.75, 3.05) is 18.1 Å². The lowest BCUT2D eigenvalue weighted by Gasteiger charge is -2.21. The topological polar surface area (TPSA) is 70.4 Å². The van der Waals surface area contributed by atoms with Gasteiger partial charge in [-0.2, -0.15) is 5.26 Å². The molecule has 2 rings (SSSR count). The van der Waals surface area contributed by atoms with E-state index in [9.17, 15) is 9.59 Å². The van der Waals surface area contributed by atoms with Gasteiger partial charge in [0.15, 0.2) is 6.61 Å². The number of para-hydroxylation sites is 1. The first-order valence-electron chi connectivity index (χ1n) is 7.27. The van der Waals surface area contributed by atoms with E-state index in [1.54, 1.807) is 42.5 Å². The normalized spacial score (nSPS) is 9.83. The van der Waals surface area contributed by atoms with Gasteiger partial charge in [0.2, 0.25) is 0 Å². The minimum absolute atomic E-state index is 0.200. The molecule has 0 bridgehead atoms. The molecule has 0 atom stereocenters. The number of esters is 1. The third kappa shape index (κ3) is 5.06. The predicted octanol–water partition coefficient (Wildman–Crippen LogP) is 3.39. The van der Waals surface area contributed by atoms with Crippen LogP contribution >= 0.6 is 22.6 Å². The summed E-state index contributed by atoms with van der Waals surface area (Å²) in [6.07, 6.45) is 0.200. The predicted molar refractivity (Wildman–Crippen MR) is 98.5 cm³/mol. The van der Waals surface area contributed by atoms with Crippen molar-refractivity contribution in [2.45, 2.75) is 6.42 Å². The number of ether oxygens (including phenoxy) is 1. The van der Waals surface area contributed by atoms with E-state index in [2.05, 4.69) is 22.6 Å². The van der Waals surface area contributed by atoms with Gasteiger partial charge < -0.3 is 9.64 Å². The molecule has 0 saturated heterocycles. The van der Waals surface area contributed by atoms with Crippen molar-refractivity contribution in [3.8, 4) is 6.07 Å². The second-order valence-corrected chi connectivity index (χ2v) is 6.12. The van der Waals surface area contributed by atoms with Crippen LogP contribution < -0.4 is 4.90 Å². The number of amides is 1. The standard InChI is InChI=1S/C18H15IN2O3/c19-15-7-4-6-14(12-15)18(23)24-13-17(22)21(11-5-10-20)16-8-2-1-3-9-16/h1-4,6-9,12H,5,11,13H2. The highest BCUT2D eigenvalue weighted by Gasteiger charge is 2.18. The maximum absolute atomic E-state index is 12.4. The Labute approximate surface area is 154 Å². The first kappa shape index (κ1) is 17.9. The molecule has 2 aromatic carbocycles. The Kier molecular flexibility index (Phi) is 6.75. The van der Waals surface area contributed by atoms with Crippen molar-refractivity contribution in [1.82, 2.24) is 0 Å². The van der Waals surface area contributed by atoms with Crippen LogP contribution in [0.15, 0.2) is 54.6 Å². The lowest BCUT2D eigenvalue weighted by molar-refractivity contribution is -0.121. The molecule has 24 heavy (non-hydrogen) atoms. The Morgan fingerprint density at radius 3 is 2.54 bits per heavy atom. The maximum atomic E-state index is 12.4. The van der Waals surface area contributed by atoms with Gasteiger partial charge in [-0.05, 0) is 52.9 Å². The zero-order valence-corrected chi connectivity index (χ0v) is 15.0. The summed E-state index contributed by atoms with van der Waals surface area (Å²) in [5, 5.41) is 8.76. The minimum Gasteiger partial charge on any atom is -0.452 e. The molecule has 0 aliphatic rings.